The highest BCUT2D eigenvalue weighted by Crippen LogP contribution is 2.36. The summed E-state index contributed by atoms with van der Waals surface area (Å²) in [6, 6.07) is 4.55. The smallest absolute Gasteiger partial charge is 0.326 e. The summed E-state index contributed by atoms with van der Waals surface area (Å²) in [5, 5.41) is 2.43. The molecule has 0 atom stereocenters. The number of halogens is 3. The molecule has 0 bridgehead atoms. The zero-order chi connectivity index (χ0) is 13.4. The van der Waals surface area contributed by atoms with Gasteiger partial charge in [0, 0.05) is 17.6 Å². The van der Waals surface area contributed by atoms with Crippen LogP contribution in [0.3, 0.4) is 0 Å². The van der Waals surface area contributed by atoms with E-state index >= 15 is 0 Å². The average Bonchev–Trinajstić information content (AvgIpc) is 2.94. The highest BCUT2D eigenvalue weighted by molar-refractivity contribution is 5.91. The Kier molecular flexibility index (Phi) is 3.06. The minimum Gasteiger partial charge on any atom is -0.326 e. The van der Waals surface area contributed by atoms with E-state index in [0.29, 0.717) is 0 Å². The van der Waals surface area contributed by atoms with Crippen molar-refractivity contribution >= 4 is 11.6 Å². The summed E-state index contributed by atoms with van der Waals surface area (Å²) in [6.07, 6.45) is -2.71. The molecule has 18 heavy (non-hydrogen) atoms. The van der Waals surface area contributed by atoms with Crippen molar-refractivity contribution in [3.8, 4) is 0 Å². The molecule has 3 N–H and O–H groups in total. The van der Waals surface area contributed by atoms with E-state index in [2.05, 4.69) is 5.32 Å². The van der Waals surface area contributed by atoms with Gasteiger partial charge < -0.3 is 11.1 Å². The van der Waals surface area contributed by atoms with Gasteiger partial charge in [0.05, 0.1) is 5.56 Å². The number of carbonyl (C=O) groups excluding carboxylic acids is 1. The Bertz CT molecular complexity index is 467. The van der Waals surface area contributed by atoms with Crippen molar-refractivity contribution in [3.63, 3.8) is 0 Å². The minimum absolute atomic E-state index is 0.138. The van der Waals surface area contributed by atoms with Gasteiger partial charge in [-0.1, -0.05) is 6.07 Å². The number of rotatable bonds is 3. The third-order valence-corrected chi connectivity index (χ3v) is 2.88. The van der Waals surface area contributed by atoms with Crippen LogP contribution in [-0.4, -0.2) is 11.4 Å². The summed E-state index contributed by atoms with van der Waals surface area (Å²) in [4.78, 5) is 11.6. The van der Waals surface area contributed by atoms with Crippen LogP contribution in [0.1, 0.15) is 24.8 Å². The zero-order valence-electron chi connectivity index (χ0n) is 9.55. The maximum Gasteiger partial charge on any atom is 0.416 e. The summed E-state index contributed by atoms with van der Waals surface area (Å²) < 4.78 is 37.4. The molecule has 6 heteroatoms. The van der Waals surface area contributed by atoms with Gasteiger partial charge in [-0.3, -0.25) is 4.79 Å². The van der Waals surface area contributed by atoms with Crippen molar-refractivity contribution in [1.82, 2.24) is 0 Å². The summed E-state index contributed by atoms with van der Waals surface area (Å²) >= 11 is 0. The van der Waals surface area contributed by atoms with Gasteiger partial charge in [-0.2, -0.15) is 13.2 Å². The first-order chi connectivity index (χ1) is 8.28. The van der Waals surface area contributed by atoms with Crippen LogP contribution in [0, 0.1) is 0 Å². The van der Waals surface area contributed by atoms with Gasteiger partial charge >= 0.3 is 6.18 Å². The third-order valence-electron chi connectivity index (χ3n) is 2.88. The molecule has 0 radical (unpaired) electrons. The summed E-state index contributed by atoms with van der Waals surface area (Å²) in [7, 11) is 0. The van der Waals surface area contributed by atoms with Crippen molar-refractivity contribution in [3.05, 3.63) is 29.8 Å². The van der Waals surface area contributed by atoms with Gasteiger partial charge in [-0.05, 0) is 31.0 Å². The Hall–Kier alpha value is -1.56. The highest BCUT2D eigenvalue weighted by Gasteiger charge is 2.40. The fourth-order valence-corrected chi connectivity index (χ4v) is 1.64. The molecule has 0 aromatic heterocycles. The van der Waals surface area contributed by atoms with Crippen LogP contribution < -0.4 is 11.1 Å². The Morgan fingerprint density at radius 3 is 2.61 bits per heavy atom. The van der Waals surface area contributed by atoms with E-state index in [9.17, 15) is 18.0 Å². The van der Waals surface area contributed by atoms with E-state index in [1.165, 1.54) is 12.1 Å². The molecule has 0 spiro atoms. The molecular weight excluding hydrogens is 245 g/mol. The molecule has 0 saturated heterocycles. The number of alkyl halides is 3. The normalized spacial score (nSPS) is 17.3. The van der Waals surface area contributed by atoms with Gasteiger partial charge in [-0.15, -0.1) is 0 Å². The summed E-state index contributed by atoms with van der Waals surface area (Å²) in [5.74, 6) is -0.352. The number of benzene rings is 1. The van der Waals surface area contributed by atoms with Crippen LogP contribution in [-0.2, 0) is 11.0 Å². The summed E-state index contributed by atoms with van der Waals surface area (Å²) in [6.45, 7) is 0. The van der Waals surface area contributed by atoms with Crippen LogP contribution in [0.15, 0.2) is 24.3 Å². The number of nitrogens with two attached hydrogens (primary N) is 1. The van der Waals surface area contributed by atoms with Gasteiger partial charge in [0.2, 0.25) is 5.91 Å². The fraction of sp³-hybridized carbons (Fsp3) is 0.417. The van der Waals surface area contributed by atoms with Crippen molar-refractivity contribution in [1.29, 1.82) is 0 Å². The van der Waals surface area contributed by atoms with Crippen LogP contribution >= 0.6 is 0 Å². The molecule has 1 saturated carbocycles. The first-order valence-electron chi connectivity index (χ1n) is 5.55. The zero-order valence-corrected chi connectivity index (χ0v) is 9.55. The van der Waals surface area contributed by atoms with Gasteiger partial charge in [0.15, 0.2) is 0 Å². The van der Waals surface area contributed by atoms with Crippen molar-refractivity contribution < 1.29 is 18.0 Å². The Labute approximate surface area is 102 Å². The van der Waals surface area contributed by atoms with Gasteiger partial charge in [0.1, 0.15) is 0 Å². The maximum absolute atomic E-state index is 12.5. The van der Waals surface area contributed by atoms with E-state index in [-0.39, 0.29) is 18.0 Å². The second kappa shape index (κ2) is 4.28. The molecule has 98 valence electrons. The number of nitrogens with one attached hydrogen (secondary N) is 1. The SMILES string of the molecule is NC1(CC(=O)Nc2cccc(C(F)(F)F)c2)CC1. The number of amides is 1. The molecule has 1 aromatic carbocycles. The summed E-state index contributed by atoms with van der Waals surface area (Å²) in [5.41, 5.74) is 4.66. The predicted molar refractivity (Wildman–Crippen MR) is 60.8 cm³/mol. The Morgan fingerprint density at radius 2 is 2.06 bits per heavy atom. The quantitative estimate of drug-likeness (QED) is 0.875. The van der Waals surface area contributed by atoms with Gasteiger partial charge in [0.25, 0.3) is 0 Å². The number of hydrogen-bond acceptors (Lipinski definition) is 2. The molecule has 1 aliphatic rings. The molecule has 0 unspecified atom stereocenters. The topological polar surface area (TPSA) is 55.1 Å². The molecule has 0 heterocycles. The second-order valence-electron chi connectivity index (χ2n) is 4.67. The number of hydrogen-bond donors (Lipinski definition) is 2. The first kappa shape index (κ1) is 12.9. The number of carbonyl (C=O) groups is 1. The lowest BCUT2D eigenvalue weighted by molar-refractivity contribution is -0.137. The van der Waals surface area contributed by atoms with E-state index in [4.69, 9.17) is 5.73 Å². The lowest BCUT2D eigenvalue weighted by Crippen LogP contribution is -2.28. The highest BCUT2D eigenvalue weighted by atomic mass is 19.4. The lowest BCUT2D eigenvalue weighted by atomic mass is 10.1. The molecule has 1 fully saturated rings. The first-order valence-corrected chi connectivity index (χ1v) is 5.55. The van der Waals surface area contributed by atoms with Crippen molar-refractivity contribution in [2.75, 3.05) is 5.32 Å². The van der Waals surface area contributed by atoms with Crippen LogP contribution in [0.5, 0.6) is 0 Å². The third kappa shape index (κ3) is 3.22. The standard InChI is InChI=1S/C12H13F3N2O/c13-12(14,15)8-2-1-3-9(6-8)17-10(18)7-11(16)4-5-11/h1-3,6H,4-5,7,16H2,(H,17,18). The Morgan fingerprint density at radius 1 is 1.39 bits per heavy atom. The van der Waals surface area contributed by atoms with E-state index < -0.39 is 17.3 Å². The maximum atomic E-state index is 12.5. The van der Waals surface area contributed by atoms with E-state index in [0.717, 1.165) is 25.0 Å². The van der Waals surface area contributed by atoms with Gasteiger partial charge in [-0.25, -0.2) is 0 Å². The molecule has 1 aliphatic carbocycles. The van der Waals surface area contributed by atoms with Crippen LogP contribution in [0.25, 0.3) is 0 Å². The molecule has 1 amide bonds. The molecule has 1 aromatic rings. The second-order valence-corrected chi connectivity index (χ2v) is 4.67. The Balaban J connectivity index is 2.03. The monoisotopic (exact) mass is 258 g/mol. The van der Waals surface area contributed by atoms with Crippen LogP contribution in [0.4, 0.5) is 18.9 Å². The van der Waals surface area contributed by atoms with Crippen molar-refractivity contribution in [2.45, 2.75) is 31.0 Å². The largest absolute Gasteiger partial charge is 0.416 e. The molecular formula is C12H13F3N2O. The lowest BCUT2D eigenvalue weighted by Gasteiger charge is -2.11. The predicted octanol–water partition coefficient (Wildman–Crippen LogP) is 2.53. The average molecular weight is 258 g/mol. The number of anilines is 1. The fourth-order valence-electron chi connectivity index (χ4n) is 1.64. The van der Waals surface area contributed by atoms with E-state index in [1.807, 2.05) is 0 Å². The molecule has 3 nitrogen and oxygen atoms in total. The van der Waals surface area contributed by atoms with E-state index in [1.54, 1.807) is 0 Å². The van der Waals surface area contributed by atoms with Crippen molar-refractivity contribution in [2.24, 2.45) is 5.73 Å². The molecule has 2 rings (SSSR count). The molecule has 0 aliphatic heterocycles. The minimum atomic E-state index is -4.41. The van der Waals surface area contributed by atoms with Crippen LogP contribution in [0.2, 0.25) is 0 Å².